The van der Waals surface area contributed by atoms with Crippen molar-refractivity contribution in [1.82, 2.24) is 15.1 Å². The molecule has 0 radical (unpaired) electrons. The molecule has 1 saturated heterocycles. The topological polar surface area (TPSA) is 133 Å². The van der Waals surface area contributed by atoms with Crippen LogP contribution in [-0.4, -0.2) is 86.0 Å². The molecule has 3 amide bonds. The van der Waals surface area contributed by atoms with Crippen molar-refractivity contribution in [3.05, 3.63) is 35.4 Å². The maximum atomic E-state index is 13.9. The number of fused-ring (bicyclic) bond motifs is 3. The normalized spacial score (nSPS) is 25.4. The standard InChI is InChI=1S/C32H45N3O9/c1-31(2,3)26-27(36)35-17-21(15-23(35)28(37)41-7)44-30(39)34-16-20-11-12-24(40-6)25(22(20)18-34)42-14-10-8-9-13-32(4,5)19-43-29(38)33-26/h8,10-12,21,23,26H,9,13-19H2,1-7H3,(H,33,38)/b10-8+/t21-,23?,26-/m1/s1. The van der Waals surface area contributed by atoms with Gasteiger partial charge in [0.05, 0.1) is 33.9 Å². The molecular formula is C32H45N3O9. The van der Waals surface area contributed by atoms with Crippen molar-refractivity contribution in [2.75, 3.05) is 34.0 Å². The predicted molar refractivity (Wildman–Crippen MR) is 160 cm³/mol. The molecule has 0 aliphatic carbocycles. The summed E-state index contributed by atoms with van der Waals surface area (Å²) in [6.45, 7) is 10.4. The third kappa shape index (κ3) is 7.57. The molecule has 12 heteroatoms. The molecule has 1 fully saturated rings. The summed E-state index contributed by atoms with van der Waals surface area (Å²) in [5.41, 5.74) is 0.716. The minimum Gasteiger partial charge on any atom is -0.493 e. The molecule has 0 spiro atoms. The molecule has 4 rings (SSSR count). The lowest BCUT2D eigenvalue weighted by molar-refractivity contribution is -0.152. The van der Waals surface area contributed by atoms with E-state index in [1.165, 1.54) is 12.0 Å². The highest BCUT2D eigenvalue weighted by molar-refractivity contribution is 5.91. The SMILES string of the molecule is COC(=O)C1C[C@@H]2CN1C(=O)[C@H](C(C)(C)C)NC(=O)OCC(C)(C)CC/C=C/COc1c(OC)ccc3c1CN(C3)C(=O)O2. The summed E-state index contributed by atoms with van der Waals surface area (Å²) in [4.78, 5) is 55.9. The summed E-state index contributed by atoms with van der Waals surface area (Å²) in [5, 5.41) is 2.73. The van der Waals surface area contributed by atoms with Gasteiger partial charge in [-0.25, -0.2) is 14.4 Å². The first-order chi connectivity index (χ1) is 20.7. The number of benzene rings is 1. The van der Waals surface area contributed by atoms with Crippen LogP contribution in [0.2, 0.25) is 0 Å². The number of hydrogen-bond donors (Lipinski definition) is 1. The zero-order valence-electron chi connectivity index (χ0n) is 26.8. The first kappa shape index (κ1) is 32.9. The number of ether oxygens (including phenoxy) is 5. The first-order valence-corrected chi connectivity index (χ1v) is 15.0. The van der Waals surface area contributed by atoms with Crippen LogP contribution in [0.25, 0.3) is 0 Å². The van der Waals surface area contributed by atoms with E-state index >= 15 is 0 Å². The van der Waals surface area contributed by atoms with Crippen molar-refractivity contribution >= 4 is 24.1 Å². The summed E-state index contributed by atoms with van der Waals surface area (Å²) < 4.78 is 28.1. The number of alkyl carbamates (subject to hydrolysis) is 1. The van der Waals surface area contributed by atoms with Gasteiger partial charge in [0, 0.05) is 18.5 Å². The second kappa shape index (κ2) is 13.4. The molecule has 1 unspecified atom stereocenters. The van der Waals surface area contributed by atoms with Gasteiger partial charge in [-0.3, -0.25) is 9.69 Å². The fourth-order valence-corrected chi connectivity index (χ4v) is 5.67. The van der Waals surface area contributed by atoms with Crippen molar-refractivity contribution in [2.24, 2.45) is 10.8 Å². The summed E-state index contributed by atoms with van der Waals surface area (Å²) in [5.74, 6) is 0.0222. The number of nitrogens with one attached hydrogen (secondary N) is 1. The largest absolute Gasteiger partial charge is 0.493 e. The monoisotopic (exact) mass is 615 g/mol. The van der Waals surface area contributed by atoms with E-state index in [0.29, 0.717) is 24.7 Å². The minimum absolute atomic E-state index is 0.0318. The Kier molecular flexibility index (Phi) is 10.00. The molecule has 3 atom stereocenters. The molecule has 1 aromatic rings. The Bertz CT molecular complexity index is 1290. The average molecular weight is 616 g/mol. The fourth-order valence-electron chi connectivity index (χ4n) is 5.67. The van der Waals surface area contributed by atoms with Crippen LogP contribution >= 0.6 is 0 Å². The highest BCUT2D eigenvalue weighted by Crippen LogP contribution is 2.39. The number of carbonyl (C=O) groups is 4. The fraction of sp³-hybridized carbons (Fsp3) is 0.625. The van der Waals surface area contributed by atoms with Gasteiger partial charge in [0.1, 0.15) is 24.8 Å². The number of nitrogens with zero attached hydrogens (tertiary/aromatic N) is 2. The van der Waals surface area contributed by atoms with Gasteiger partial charge in [0.25, 0.3) is 0 Å². The van der Waals surface area contributed by atoms with Gasteiger partial charge >= 0.3 is 18.2 Å². The number of carbonyl (C=O) groups excluding carboxylic acids is 4. The van der Waals surface area contributed by atoms with Gasteiger partial charge in [0.2, 0.25) is 5.91 Å². The van der Waals surface area contributed by atoms with E-state index in [-0.39, 0.29) is 31.5 Å². The number of methoxy groups -OCH3 is 2. The van der Waals surface area contributed by atoms with E-state index in [2.05, 4.69) is 5.32 Å². The molecule has 44 heavy (non-hydrogen) atoms. The number of rotatable bonds is 2. The third-order valence-electron chi connectivity index (χ3n) is 8.24. The zero-order chi connectivity index (χ0) is 32.2. The molecule has 3 aliphatic rings. The highest BCUT2D eigenvalue weighted by Gasteiger charge is 2.47. The van der Waals surface area contributed by atoms with Crippen molar-refractivity contribution in [2.45, 2.75) is 85.2 Å². The Morgan fingerprint density at radius 3 is 2.50 bits per heavy atom. The second-order valence-electron chi connectivity index (χ2n) is 13.4. The number of hydrogen-bond acceptors (Lipinski definition) is 9. The molecule has 3 heterocycles. The van der Waals surface area contributed by atoms with Gasteiger partial charge < -0.3 is 33.9 Å². The van der Waals surface area contributed by atoms with E-state index in [1.54, 1.807) is 12.0 Å². The summed E-state index contributed by atoms with van der Waals surface area (Å²) >= 11 is 0. The lowest BCUT2D eigenvalue weighted by Crippen LogP contribution is -2.57. The molecule has 3 aliphatic heterocycles. The molecule has 12 nitrogen and oxygen atoms in total. The average Bonchev–Trinajstić information content (AvgIpc) is 3.59. The maximum absolute atomic E-state index is 13.9. The number of cyclic esters (lactones) is 1. The van der Waals surface area contributed by atoms with E-state index in [4.69, 9.17) is 23.7 Å². The Morgan fingerprint density at radius 2 is 1.82 bits per heavy atom. The van der Waals surface area contributed by atoms with E-state index in [9.17, 15) is 19.2 Å². The lowest BCUT2D eigenvalue weighted by atomic mass is 9.85. The maximum Gasteiger partial charge on any atom is 0.410 e. The van der Waals surface area contributed by atoms with Gasteiger partial charge in [-0.05, 0) is 35.3 Å². The Labute approximate surface area is 258 Å². The van der Waals surface area contributed by atoms with Gasteiger partial charge in [-0.15, -0.1) is 0 Å². The minimum atomic E-state index is -1.01. The number of allylic oxidation sites excluding steroid dienone is 1. The number of esters is 1. The highest BCUT2D eigenvalue weighted by atomic mass is 16.6. The van der Waals surface area contributed by atoms with Crippen molar-refractivity contribution in [1.29, 1.82) is 0 Å². The van der Waals surface area contributed by atoms with Crippen molar-refractivity contribution in [3.63, 3.8) is 0 Å². The van der Waals surface area contributed by atoms with Crippen molar-refractivity contribution < 1.29 is 42.9 Å². The summed E-state index contributed by atoms with van der Waals surface area (Å²) in [6, 6.07) is 1.72. The van der Waals surface area contributed by atoms with Crippen LogP contribution in [0, 0.1) is 10.8 Å². The number of amides is 3. The van der Waals surface area contributed by atoms with Crippen LogP contribution in [0.4, 0.5) is 9.59 Å². The molecular weight excluding hydrogens is 570 g/mol. The lowest BCUT2D eigenvalue weighted by Gasteiger charge is -2.35. The van der Waals surface area contributed by atoms with Crippen LogP contribution in [0.3, 0.4) is 0 Å². The zero-order valence-corrected chi connectivity index (χ0v) is 26.8. The molecule has 4 bridgehead atoms. The van der Waals surface area contributed by atoms with Crippen LogP contribution < -0.4 is 14.8 Å². The van der Waals surface area contributed by atoms with E-state index in [1.807, 2.05) is 58.9 Å². The molecule has 242 valence electrons. The predicted octanol–water partition coefficient (Wildman–Crippen LogP) is 4.19. The third-order valence-corrected chi connectivity index (χ3v) is 8.24. The molecule has 0 aromatic heterocycles. The molecule has 1 aromatic carbocycles. The quantitative estimate of drug-likeness (QED) is 0.295. The van der Waals surface area contributed by atoms with Crippen LogP contribution in [0.5, 0.6) is 11.5 Å². The molecule has 1 N–H and O–H groups in total. The Morgan fingerprint density at radius 1 is 1.07 bits per heavy atom. The van der Waals surface area contributed by atoms with Gasteiger partial charge in [-0.1, -0.05) is 52.8 Å². The first-order valence-electron chi connectivity index (χ1n) is 15.0. The van der Waals surface area contributed by atoms with Crippen LogP contribution in [-0.2, 0) is 36.9 Å². The summed E-state index contributed by atoms with van der Waals surface area (Å²) in [6.07, 6.45) is 3.43. The van der Waals surface area contributed by atoms with Crippen molar-refractivity contribution in [3.8, 4) is 11.5 Å². The second-order valence-corrected chi connectivity index (χ2v) is 13.4. The van der Waals surface area contributed by atoms with Gasteiger partial charge in [-0.2, -0.15) is 0 Å². The Balaban J connectivity index is 1.63. The molecule has 0 saturated carbocycles. The summed E-state index contributed by atoms with van der Waals surface area (Å²) in [7, 11) is 2.81. The van der Waals surface area contributed by atoms with Gasteiger partial charge in [0.15, 0.2) is 11.5 Å². The van der Waals surface area contributed by atoms with E-state index < -0.39 is 47.7 Å². The smallest absolute Gasteiger partial charge is 0.410 e. The van der Waals surface area contributed by atoms with Crippen LogP contribution in [0.15, 0.2) is 24.3 Å². The van der Waals surface area contributed by atoms with Crippen LogP contribution in [0.1, 0.15) is 65.0 Å². The van der Waals surface area contributed by atoms with E-state index in [0.717, 1.165) is 24.0 Å². The Hall–Kier alpha value is -3.96.